The number of halogens is 1. The number of hydrogen-bond donors (Lipinski definition) is 0. The minimum Gasteiger partial charge on any atom is -0.493 e. The minimum absolute atomic E-state index is 0.251. The predicted octanol–water partition coefficient (Wildman–Crippen LogP) is 2.81. The van der Waals surface area contributed by atoms with Crippen molar-refractivity contribution >= 4 is 6.29 Å². The number of carbonyl (C=O) groups is 1. The summed E-state index contributed by atoms with van der Waals surface area (Å²) in [6, 6.07) is 3.89. The third-order valence-corrected chi connectivity index (χ3v) is 2.36. The number of hydrogen-bond acceptors (Lipinski definition) is 4. The average molecular weight is 270 g/mol. The van der Waals surface area contributed by atoms with Gasteiger partial charge in [-0.3, -0.25) is 4.79 Å². The molecule has 1 aromatic rings. The molecule has 0 aliphatic rings. The van der Waals surface area contributed by atoms with Crippen LogP contribution in [0.1, 0.15) is 30.6 Å². The maximum Gasteiger partial charge on any atom is 0.160 e. The van der Waals surface area contributed by atoms with E-state index < -0.39 is 5.82 Å². The summed E-state index contributed by atoms with van der Waals surface area (Å²) < 4.78 is 29.3. The molecule has 0 fully saturated rings. The van der Waals surface area contributed by atoms with E-state index in [2.05, 4.69) is 0 Å². The highest BCUT2D eigenvalue weighted by Crippen LogP contribution is 2.16. The fraction of sp³-hybridized carbons (Fsp3) is 0.500. The Balaban J connectivity index is 2.47. The summed E-state index contributed by atoms with van der Waals surface area (Å²) >= 11 is 0. The van der Waals surface area contributed by atoms with Crippen LogP contribution in [-0.2, 0) is 9.47 Å². The van der Waals surface area contributed by atoms with Crippen molar-refractivity contribution in [1.29, 1.82) is 0 Å². The molecular weight excluding hydrogens is 251 g/mol. The van der Waals surface area contributed by atoms with Crippen LogP contribution < -0.4 is 4.74 Å². The molecule has 0 bridgehead atoms. The van der Waals surface area contributed by atoms with Gasteiger partial charge in [0, 0.05) is 31.3 Å². The molecular formula is C14H19FO4. The van der Waals surface area contributed by atoms with E-state index in [9.17, 15) is 9.18 Å². The second kappa shape index (κ2) is 8.61. The topological polar surface area (TPSA) is 44.8 Å². The van der Waals surface area contributed by atoms with E-state index in [0.29, 0.717) is 38.3 Å². The van der Waals surface area contributed by atoms with Crippen LogP contribution in [0.25, 0.3) is 0 Å². The highest BCUT2D eigenvalue weighted by Gasteiger charge is 2.08. The highest BCUT2D eigenvalue weighted by molar-refractivity contribution is 5.75. The molecule has 0 radical (unpaired) electrons. The summed E-state index contributed by atoms with van der Waals surface area (Å²) in [6.45, 7) is 5.21. The van der Waals surface area contributed by atoms with Crippen molar-refractivity contribution in [2.75, 3.05) is 19.8 Å². The summed E-state index contributed by atoms with van der Waals surface area (Å²) in [5, 5.41) is 0. The summed E-state index contributed by atoms with van der Waals surface area (Å²) in [5.41, 5.74) is 0.251. The summed E-state index contributed by atoms with van der Waals surface area (Å²) in [7, 11) is 0. The molecule has 0 amide bonds. The molecule has 19 heavy (non-hydrogen) atoms. The van der Waals surface area contributed by atoms with Crippen LogP contribution in [0.5, 0.6) is 5.75 Å². The molecule has 1 aromatic carbocycles. The van der Waals surface area contributed by atoms with Crippen LogP contribution >= 0.6 is 0 Å². The van der Waals surface area contributed by atoms with Gasteiger partial charge in [-0.1, -0.05) is 0 Å². The minimum atomic E-state index is -0.495. The first-order valence-electron chi connectivity index (χ1n) is 6.31. The third-order valence-electron chi connectivity index (χ3n) is 2.36. The van der Waals surface area contributed by atoms with E-state index in [0.717, 1.165) is 6.07 Å². The number of ether oxygens (including phenoxy) is 3. The zero-order chi connectivity index (χ0) is 14.1. The molecule has 0 aliphatic heterocycles. The lowest BCUT2D eigenvalue weighted by Gasteiger charge is -2.17. The Bertz CT molecular complexity index is 389. The van der Waals surface area contributed by atoms with Crippen LogP contribution in [0.15, 0.2) is 18.2 Å². The van der Waals surface area contributed by atoms with Gasteiger partial charge in [0.2, 0.25) is 0 Å². The summed E-state index contributed by atoms with van der Waals surface area (Å²) in [6.07, 6.45) is 0.794. The van der Waals surface area contributed by atoms with Gasteiger partial charge in [0.05, 0.1) is 6.61 Å². The van der Waals surface area contributed by atoms with Gasteiger partial charge in [-0.05, 0) is 26.0 Å². The van der Waals surface area contributed by atoms with E-state index in [1.165, 1.54) is 12.1 Å². The van der Waals surface area contributed by atoms with E-state index in [1.54, 1.807) is 0 Å². The van der Waals surface area contributed by atoms with Crippen LogP contribution in [-0.4, -0.2) is 32.4 Å². The van der Waals surface area contributed by atoms with E-state index in [1.807, 2.05) is 13.8 Å². The van der Waals surface area contributed by atoms with Gasteiger partial charge in [0.1, 0.15) is 17.9 Å². The normalized spacial score (nSPS) is 10.7. The molecule has 0 unspecified atom stereocenters. The first kappa shape index (κ1) is 15.6. The van der Waals surface area contributed by atoms with Crippen molar-refractivity contribution < 1.29 is 23.4 Å². The Morgan fingerprint density at radius 3 is 2.47 bits per heavy atom. The molecule has 0 spiro atoms. The van der Waals surface area contributed by atoms with Gasteiger partial charge in [-0.15, -0.1) is 0 Å². The van der Waals surface area contributed by atoms with Gasteiger partial charge in [0.25, 0.3) is 0 Å². The first-order valence-corrected chi connectivity index (χ1v) is 6.31. The van der Waals surface area contributed by atoms with Crippen LogP contribution in [0.4, 0.5) is 4.39 Å². The van der Waals surface area contributed by atoms with Gasteiger partial charge in [0.15, 0.2) is 6.29 Å². The van der Waals surface area contributed by atoms with Crippen molar-refractivity contribution in [1.82, 2.24) is 0 Å². The van der Waals surface area contributed by atoms with Gasteiger partial charge in [-0.2, -0.15) is 0 Å². The number of rotatable bonds is 9. The second-order valence-electron chi connectivity index (χ2n) is 3.82. The summed E-state index contributed by atoms with van der Waals surface area (Å²) in [4.78, 5) is 10.6. The van der Waals surface area contributed by atoms with Crippen LogP contribution in [0.3, 0.4) is 0 Å². The lowest BCUT2D eigenvalue weighted by molar-refractivity contribution is -0.142. The molecule has 1 rings (SSSR count). The molecule has 106 valence electrons. The monoisotopic (exact) mass is 270 g/mol. The van der Waals surface area contributed by atoms with Gasteiger partial charge >= 0.3 is 0 Å². The molecule has 4 nitrogen and oxygen atoms in total. The Morgan fingerprint density at radius 1 is 1.21 bits per heavy atom. The summed E-state index contributed by atoms with van der Waals surface area (Å²) in [5.74, 6) is -0.167. The number of carbonyl (C=O) groups excluding carboxylic acids is 1. The fourth-order valence-corrected chi connectivity index (χ4v) is 1.60. The number of aldehydes is 1. The third kappa shape index (κ3) is 5.81. The lowest BCUT2D eigenvalue weighted by Crippen LogP contribution is -2.20. The fourth-order valence-electron chi connectivity index (χ4n) is 1.60. The zero-order valence-corrected chi connectivity index (χ0v) is 11.2. The molecule has 0 heterocycles. The van der Waals surface area contributed by atoms with Crippen molar-refractivity contribution in [3.63, 3.8) is 0 Å². The SMILES string of the molecule is CCOC(CCOc1cc(F)cc(C=O)c1)OCC. The van der Waals surface area contributed by atoms with E-state index >= 15 is 0 Å². The van der Waals surface area contributed by atoms with E-state index in [4.69, 9.17) is 14.2 Å². The van der Waals surface area contributed by atoms with E-state index in [-0.39, 0.29) is 11.9 Å². The average Bonchev–Trinajstić information content (AvgIpc) is 2.38. The zero-order valence-electron chi connectivity index (χ0n) is 11.2. The Kier molecular flexibility index (Phi) is 7.07. The standard InChI is InChI=1S/C14H19FO4/c1-3-17-14(18-4-2)5-6-19-13-8-11(10-16)7-12(15)9-13/h7-10,14H,3-6H2,1-2H3. The molecule has 0 saturated carbocycles. The quantitative estimate of drug-likeness (QED) is 0.511. The Hall–Kier alpha value is -1.46. The predicted molar refractivity (Wildman–Crippen MR) is 68.9 cm³/mol. The van der Waals surface area contributed by atoms with Crippen LogP contribution in [0.2, 0.25) is 0 Å². The molecule has 0 N–H and O–H groups in total. The van der Waals surface area contributed by atoms with Gasteiger partial charge < -0.3 is 14.2 Å². The van der Waals surface area contributed by atoms with Crippen molar-refractivity contribution in [2.24, 2.45) is 0 Å². The molecule has 5 heteroatoms. The number of benzene rings is 1. The Labute approximate surface area is 112 Å². The Morgan fingerprint density at radius 2 is 1.89 bits per heavy atom. The smallest absolute Gasteiger partial charge is 0.160 e. The second-order valence-corrected chi connectivity index (χ2v) is 3.82. The molecule has 0 atom stereocenters. The highest BCUT2D eigenvalue weighted by atomic mass is 19.1. The van der Waals surface area contributed by atoms with Gasteiger partial charge in [-0.25, -0.2) is 4.39 Å². The molecule has 0 aliphatic carbocycles. The molecule has 0 aromatic heterocycles. The van der Waals surface area contributed by atoms with Crippen molar-refractivity contribution in [3.05, 3.63) is 29.6 Å². The largest absolute Gasteiger partial charge is 0.493 e. The maximum absolute atomic E-state index is 13.2. The van der Waals surface area contributed by atoms with Crippen molar-refractivity contribution in [3.8, 4) is 5.75 Å². The van der Waals surface area contributed by atoms with Crippen LogP contribution in [0, 0.1) is 5.82 Å². The lowest BCUT2D eigenvalue weighted by atomic mass is 10.2. The first-order chi connectivity index (χ1) is 9.19. The maximum atomic E-state index is 13.2. The molecule has 0 saturated heterocycles. The van der Waals surface area contributed by atoms with Crippen molar-refractivity contribution in [2.45, 2.75) is 26.6 Å².